The maximum absolute atomic E-state index is 4.51. The molecule has 0 amide bonds. The lowest BCUT2D eigenvalue weighted by molar-refractivity contribution is 0.768. The molecule has 0 aliphatic rings. The Bertz CT molecular complexity index is 271. The Labute approximate surface area is 85.4 Å². The Morgan fingerprint density at radius 3 is 2.57 bits per heavy atom. The summed E-state index contributed by atoms with van der Waals surface area (Å²) in [6.07, 6.45) is 3.61. The fourth-order valence-electron chi connectivity index (χ4n) is 1.36. The van der Waals surface area contributed by atoms with E-state index in [9.17, 15) is 0 Å². The maximum atomic E-state index is 4.51. The maximum Gasteiger partial charge on any atom is 0.147 e. The van der Waals surface area contributed by atoms with E-state index in [1.54, 1.807) is 6.20 Å². The van der Waals surface area contributed by atoms with Crippen LogP contribution in [0.1, 0.15) is 19.5 Å². The van der Waals surface area contributed by atoms with Gasteiger partial charge in [-0.15, -0.1) is 0 Å². The fourth-order valence-corrected chi connectivity index (χ4v) is 1.36. The minimum atomic E-state index is 0.766. The molecule has 0 fully saturated rings. The van der Waals surface area contributed by atoms with Crippen molar-refractivity contribution in [2.45, 2.75) is 20.4 Å². The first-order chi connectivity index (χ1) is 6.81. The van der Waals surface area contributed by atoms with Gasteiger partial charge in [0.15, 0.2) is 0 Å². The number of nitrogens with one attached hydrogen (secondary N) is 1. The topological polar surface area (TPSA) is 41.1 Å². The first kappa shape index (κ1) is 10.9. The van der Waals surface area contributed by atoms with Gasteiger partial charge in [0.05, 0.1) is 11.9 Å². The first-order valence-electron chi connectivity index (χ1n) is 5.02. The van der Waals surface area contributed by atoms with Crippen LogP contribution in [0.25, 0.3) is 0 Å². The molecule has 0 atom stereocenters. The molecule has 78 valence electrons. The number of hydrogen-bond donors (Lipinski definition) is 1. The smallest absolute Gasteiger partial charge is 0.147 e. The summed E-state index contributed by atoms with van der Waals surface area (Å²) in [6.45, 7) is 6.94. The second-order valence-electron chi connectivity index (χ2n) is 3.07. The van der Waals surface area contributed by atoms with Crippen LogP contribution < -0.4 is 10.2 Å². The largest absolute Gasteiger partial charge is 0.356 e. The van der Waals surface area contributed by atoms with Gasteiger partial charge in [-0.2, -0.15) is 0 Å². The van der Waals surface area contributed by atoms with Gasteiger partial charge in [-0.3, -0.25) is 4.98 Å². The monoisotopic (exact) mass is 194 g/mol. The van der Waals surface area contributed by atoms with Crippen molar-refractivity contribution in [3.8, 4) is 0 Å². The minimum Gasteiger partial charge on any atom is -0.356 e. The van der Waals surface area contributed by atoms with Gasteiger partial charge in [0, 0.05) is 25.8 Å². The van der Waals surface area contributed by atoms with Gasteiger partial charge in [0.25, 0.3) is 0 Å². The zero-order valence-electron chi connectivity index (χ0n) is 9.12. The summed E-state index contributed by atoms with van der Waals surface area (Å²) >= 11 is 0. The molecule has 0 saturated carbocycles. The molecule has 0 aliphatic heterocycles. The third-order valence-corrected chi connectivity index (χ3v) is 2.12. The molecule has 0 spiro atoms. The molecule has 4 heteroatoms. The molecule has 0 bridgehead atoms. The molecule has 1 heterocycles. The summed E-state index contributed by atoms with van der Waals surface area (Å²) in [7, 11) is 1.91. The number of rotatable bonds is 5. The zero-order chi connectivity index (χ0) is 10.4. The molecule has 1 aromatic heterocycles. The first-order valence-corrected chi connectivity index (χ1v) is 5.02. The van der Waals surface area contributed by atoms with Crippen LogP contribution in [0.5, 0.6) is 0 Å². The SMILES string of the molecule is CCN(CC)c1cncc(CNC)n1. The van der Waals surface area contributed by atoms with Gasteiger partial charge in [-0.25, -0.2) is 4.98 Å². The van der Waals surface area contributed by atoms with Gasteiger partial charge in [0.2, 0.25) is 0 Å². The lowest BCUT2D eigenvalue weighted by atomic mass is 10.4. The fraction of sp³-hybridized carbons (Fsp3) is 0.600. The van der Waals surface area contributed by atoms with E-state index in [-0.39, 0.29) is 0 Å². The average molecular weight is 194 g/mol. The summed E-state index contributed by atoms with van der Waals surface area (Å²) in [5.41, 5.74) is 0.983. The van der Waals surface area contributed by atoms with Gasteiger partial charge >= 0.3 is 0 Å². The highest BCUT2D eigenvalue weighted by molar-refractivity contribution is 5.35. The highest BCUT2D eigenvalue weighted by Crippen LogP contribution is 2.08. The van der Waals surface area contributed by atoms with Gasteiger partial charge in [-0.1, -0.05) is 0 Å². The van der Waals surface area contributed by atoms with E-state index in [0.717, 1.165) is 31.1 Å². The Kier molecular flexibility index (Phi) is 4.32. The van der Waals surface area contributed by atoms with Crippen molar-refractivity contribution in [1.82, 2.24) is 15.3 Å². The van der Waals surface area contributed by atoms with E-state index < -0.39 is 0 Å². The van der Waals surface area contributed by atoms with E-state index in [1.807, 2.05) is 13.2 Å². The quantitative estimate of drug-likeness (QED) is 0.760. The van der Waals surface area contributed by atoms with E-state index in [1.165, 1.54) is 0 Å². The minimum absolute atomic E-state index is 0.766. The van der Waals surface area contributed by atoms with Crippen LogP contribution in [0.3, 0.4) is 0 Å². The van der Waals surface area contributed by atoms with Gasteiger partial charge in [0.1, 0.15) is 5.82 Å². The summed E-state index contributed by atoms with van der Waals surface area (Å²) in [5.74, 6) is 0.961. The van der Waals surface area contributed by atoms with Crippen molar-refractivity contribution in [3.63, 3.8) is 0 Å². The predicted molar refractivity (Wildman–Crippen MR) is 58.4 cm³/mol. The molecule has 0 saturated heterocycles. The van der Waals surface area contributed by atoms with Crippen molar-refractivity contribution in [1.29, 1.82) is 0 Å². The molecular formula is C10H18N4. The average Bonchev–Trinajstić information content (AvgIpc) is 2.21. The molecule has 1 aromatic rings. The predicted octanol–water partition coefficient (Wildman–Crippen LogP) is 1.04. The molecule has 4 nitrogen and oxygen atoms in total. The zero-order valence-corrected chi connectivity index (χ0v) is 9.12. The molecule has 1 rings (SSSR count). The van der Waals surface area contributed by atoms with Crippen LogP contribution in [0.4, 0.5) is 5.82 Å². The normalized spacial score (nSPS) is 10.2. The summed E-state index contributed by atoms with van der Waals surface area (Å²) in [6, 6.07) is 0. The standard InChI is InChI=1S/C10H18N4/c1-4-14(5-2)10-8-12-7-9(13-10)6-11-3/h7-8,11H,4-6H2,1-3H3. The van der Waals surface area contributed by atoms with Crippen molar-refractivity contribution in [3.05, 3.63) is 18.1 Å². The summed E-state index contributed by atoms with van der Waals surface area (Å²) in [5, 5.41) is 3.07. The Hall–Kier alpha value is -1.16. The second-order valence-corrected chi connectivity index (χ2v) is 3.07. The van der Waals surface area contributed by atoms with E-state index in [0.29, 0.717) is 0 Å². The third-order valence-electron chi connectivity index (χ3n) is 2.12. The lowest BCUT2D eigenvalue weighted by Gasteiger charge is -2.19. The van der Waals surface area contributed by atoms with Crippen LogP contribution in [0, 0.1) is 0 Å². The number of hydrogen-bond acceptors (Lipinski definition) is 4. The van der Waals surface area contributed by atoms with Crippen molar-refractivity contribution >= 4 is 5.82 Å². The summed E-state index contributed by atoms with van der Waals surface area (Å²) in [4.78, 5) is 10.9. The highest BCUT2D eigenvalue weighted by Gasteiger charge is 2.04. The molecule has 0 aromatic carbocycles. The van der Waals surface area contributed by atoms with E-state index in [4.69, 9.17) is 0 Å². The number of anilines is 1. The third kappa shape index (κ3) is 2.67. The lowest BCUT2D eigenvalue weighted by Crippen LogP contribution is -2.23. The molecule has 14 heavy (non-hydrogen) atoms. The van der Waals surface area contributed by atoms with E-state index in [2.05, 4.69) is 34.0 Å². The molecular weight excluding hydrogens is 176 g/mol. The number of nitrogens with zero attached hydrogens (tertiary/aromatic N) is 3. The Morgan fingerprint density at radius 2 is 2.00 bits per heavy atom. The molecule has 0 radical (unpaired) electrons. The second kappa shape index (κ2) is 5.54. The van der Waals surface area contributed by atoms with E-state index >= 15 is 0 Å². The van der Waals surface area contributed by atoms with Crippen LogP contribution in [-0.2, 0) is 6.54 Å². The van der Waals surface area contributed by atoms with Crippen LogP contribution >= 0.6 is 0 Å². The Balaban J connectivity index is 2.81. The van der Waals surface area contributed by atoms with Crippen molar-refractivity contribution in [2.24, 2.45) is 0 Å². The number of aromatic nitrogens is 2. The molecule has 0 unspecified atom stereocenters. The van der Waals surface area contributed by atoms with Crippen LogP contribution in [0.2, 0.25) is 0 Å². The highest BCUT2D eigenvalue weighted by atomic mass is 15.2. The van der Waals surface area contributed by atoms with Crippen LogP contribution in [0.15, 0.2) is 12.4 Å². The Morgan fingerprint density at radius 1 is 1.29 bits per heavy atom. The van der Waals surface area contributed by atoms with Gasteiger partial charge in [-0.05, 0) is 20.9 Å². The van der Waals surface area contributed by atoms with Crippen molar-refractivity contribution in [2.75, 3.05) is 25.0 Å². The molecule has 1 N–H and O–H groups in total. The van der Waals surface area contributed by atoms with Crippen molar-refractivity contribution < 1.29 is 0 Å². The summed E-state index contributed by atoms with van der Waals surface area (Å²) < 4.78 is 0. The van der Waals surface area contributed by atoms with Gasteiger partial charge < -0.3 is 10.2 Å². The molecule has 0 aliphatic carbocycles. The van der Waals surface area contributed by atoms with Crippen LogP contribution in [-0.4, -0.2) is 30.1 Å².